The topological polar surface area (TPSA) is 26.2 Å². The number of ether oxygens (including phenoxy) is 1. The lowest BCUT2D eigenvalue weighted by molar-refractivity contribution is 0.185. The van der Waals surface area contributed by atoms with E-state index in [1.54, 1.807) is 7.11 Å². The van der Waals surface area contributed by atoms with E-state index >= 15 is 0 Å². The highest BCUT2D eigenvalue weighted by Crippen LogP contribution is 2.07. The summed E-state index contributed by atoms with van der Waals surface area (Å²) < 4.78 is 7.34. The van der Waals surface area contributed by atoms with E-state index in [1.807, 2.05) is 0 Å². The number of aromatic nitrogens is 1. The van der Waals surface area contributed by atoms with Crippen LogP contribution in [0.4, 0.5) is 0 Å². The molecule has 3 heteroatoms. The third-order valence-corrected chi connectivity index (χ3v) is 3.14. The van der Waals surface area contributed by atoms with Crippen LogP contribution in [-0.4, -0.2) is 11.7 Å². The maximum atomic E-state index is 5.15. The van der Waals surface area contributed by atoms with E-state index in [-0.39, 0.29) is 0 Å². The first-order valence-electron chi connectivity index (χ1n) is 6.74. The van der Waals surface area contributed by atoms with Crippen LogP contribution in [0.3, 0.4) is 0 Å². The molecule has 102 valence electrons. The third kappa shape index (κ3) is 4.23. The molecule has 0 fully saturated rings. The Morgan fingerprint density at radius 2 is 1.89 bits per heavy atom. The quantitative estimate of drug-likeness (QED) is 0.826. The zero-order valence-electron chi connectivity index (χ0n) is 11.7. The summed E-state index contributed by atoms with van der Waals surface area (Å²) in [6.07, 6.45) is 4.31. The van der Waals surface area contributed by atoms with E-state index in [0.29, 0.717) is 6.61 Å². The van der Waals surface area contributed by atoms with Crippen molar-refractivity contribution in [1.29, 1.82) is 0 Å². The van der Waals surface area contributed by atoms with Crippen molar-refractivity contribution in [3.8, 4) is 0 Å². The summed E-state index contributed by atoms with van der Waals surface area (Å²) in [5.41, 5.74) is 3.85. The van der Waals surface area contributed by atoms with Gasteiger partial charge in [0.1, 0.15) is 0 Å². The van der Waals surface area contributed by atoms with Crippen LogP contribution in [0, 0.1) is 0 Å². The van der Waals surface area contributed by atoms with Crippen LogP contribution >= 0.6 is 0 Å². The summed E-state index contributed by atoms with van der Waals surface area (Å²) >= 11 is 0. The molecule has 0 unspecified atom stereocenters. The molecule has 2 aromatic rings. The monoisotopic (exact) mass is 258 g/mol. The molecule has 0 saturated carbocycles. The van der Waals surface area contributed by atoms with Crippen molar-refractivity contribution in [2.45, 2.75) is 33.2 Å². The van der Waals surface area contributed by atoms with E-state index in [1.165, 1.54) is 16.7 Å². The first kappa shape index (κ1) is 13.8. The molecule has 1 heterocycles. The highest BCUT2D eigenvalue weighted by molar-refractivity contribution is 5.23. The molecule has 2 rings (SSSR count). The standard InChI is InChI=1S/C16H22N2O/c1-3-18-8-7-16(12-18)11-17-10-14-5-4-6-15(9-14)13-19-2/h4-9,12,17H,3,10-11,13H2,1-2H3. The maximum absolute atomic E-state index is 5.15. The molecule has 0 bridgehead atoms. The van der Waals surface area contributed by atoms with Gasteiger partial charge in [-0.1, -0.05) is 24.3 Å². The Labute approximate surface area is 115 Å². The van der Waals surface area contributed by atoms with Gasteiger partial charge in [-0.3, -0.25) is 0 Å². The van der Waals surface area contributed by atoms with Crippen molar-refractivity contribution < 1.29 is 4.74 Å². The summed E-state index contributed by atoms with van der Waals surface area (Å²) in [6, 6.07) is 10.7. The first-order chi connectivity index (χ1) is 9.31. The number of rotatable bonds is 7. The highest BCUT2D eigenvalue weighted by atomic mass is 16.5. The molecule has 1 aromatic heterocycles. The molecule has 19 heavy (non-hydrogen) atoms. The fraction of sp³-hybridized carbons (Fsp3) is 0.375. The Morgan fingerprint density at radius 3 is 2.63 bits per heavy atom. The number of methoxy groups -OCH3 is 1. The molecule has 0 atom stereocenters. The number of hydrogen-bond donors (Lipinski definition) is 1. The second-order valence-electron chi connectivity index (χ2n) is 4.71. The van der Waals surface area contributed by atoms with Crippen molar-refractivity contribution >= 4 is 0 Å². The largest absolute Gasteiger partial charge is 0.380 e. The molecule has 3 nitrogen and oxygen atoms in total. The van der Waals surface area contributed by atoms with Crippen molar-refractivity contribution in [3.63, 3.8) is 0 Å². The summed E-state index contributed by atoms with van der Waals surface area (Å²) in [7, 11) is 1.73. The van der Waals surface area contributed by atoms with Gasteiger partial charge in [-0.2, -0.15) is 0 Å². The van der Waals surface area contributed by atoms with Crippen LogP contribution in [-0.2, 0) is 31.0 Å². The number of hydrogen-bond acceptors (Lipinski definition) is 2. The molecule has 1 N–H and O–H groups in total. The van der Waals surface area contributed by atoms with E-state index in [2.05, 4.69) is 59.5 Å². The Hall–Kier alpha value is -1.58. The zero-order valence-corrected chi connectivity index (χ0v) is 11.7. The van der Waals surface area contributed by atoms with Crippen molar-refractivity contribution in [2.75, 3.05) is 7.11 Å². The Kier molecular flexibility index (Phi) is 5.19. The number of benzene rings is 1. The van der Waals surface area contributed by atoms with Crippen LogP contribution in [0.2, 0.25) is 0 Å². The van der Waals surface area contributed by atoms with E-state index in [4.69, 9.17) is 4.74 Å². The van der Waals surface area contributed by atoms with Gasteiger partial charge in [-0.25, -0.2) is 0 Å². The fourth-order valence-electron chi connectivity index (χ4n) is 2.14. The average Bonchev–Trinajstić information content (AvgIpc) is 2.88. The van der Waals surface area contributed by atoms with Gasteiger partial charge in [0.15, 0.2) is 0 Å². The minimum atomic E-state index is 0.674. The lowest BCUT2D eigenvalue weighted by atomic mass is 10.1. The summed E-state index contributed by atoms with van der Waals surface area (Å²) in [5.74, 6) is 0. The minimum Gasteiger partial charge on any atom is -0.380 e. The maximum Gasteiger partial charge on any atom is 0.0713 e. The van der Waals surface area contributed by atoms with Gasteiger partial charge in [-0.05, 0) is 29.7 Å². The lowest BCUT2D eigenvalue weighted by Gasteiger charge is -2.06. The molecule has 0 aliphatic carbocycles. The molecule has 0 aliphatic heterocycles. The van der Waals surface area contributed by atoms with Crippen LogP contribution in [0.5, 0.6) is 0 Å². The van der Waals surface area contributed by atoms with Gasteiger partial charge in [0, 0.05) is 39.1 Å². The van der Waals surface area contributed by atoms with Crippen LogP contribution < -0.4 is 5.32 Å². The van der Waals surface area contributed by atoms with Gasteiger partial charge in [-0.15, -0.1) is 0 Å². The van der Waals surface area contributed by atoms with E-state index in [0.717, 1.165) is 19.6 Å². The van der Waals surface area contributed by atoms with Crippen molar-refractivity contribution in [3.05, 3.63) is 59.4 Å². The van der Waals surface area contributed by atoms with E-state index in [9.17, 15) is 0 Å². The predicted octanol–water partition coefficient (Wildman–Crippen LogP) is 2.94. The molecule has 0 radical (unpaired) electrons. The summed E-state index contributed by atoms with van der Waals surface area (Å²) in [6.45, 7) is 5.64. The Balaban J connectivity index is 1.83. The molecular weight excluding hydrogens is 236 g/mol. The zero-order chi connectivity index (χ0) is 13.5. The second-order valence-corrected chi connectivity index (χ2v) is 4.71. The summed E-state index contributed by atoms with van der Waals surface area (Å²) in [4.78, 5) is 0. The number of nitrogens with one attached hydrogen (secondary N) is 1. The predicted molar refractivity (Wildman–Crippen MR) is 77.8 cm³/mol. The minimum absolute atomic E-state index is 0.674. The normalized spacial score (nSPS) is 10.8. The van der Waals surface area contributed by atoms with Crippen molar-refractivity contribution in [2.24, 2.45) is 0 Å². The smallest absolute Gasteiger partial charge is 0.0713 e. The Bertz CT molecular complexity index is 505. The van der Waals surface area contributed by atoms with Gasteiger partial charge >= 0.3 is 0 Å². The number of aryl methyl sites for hydroxylation is 1. The molecule has 0 saturated heterocycles. The van der Waals surface area contributed by atoms with Gasteiger partial charge < -0.3 is 14.6 Å². The van der Waals surface area contributed by atoms with Crippen molar-refractivity contribution in [1.82, 2.24) is 9.88 Å². The molecule has 0 aliphatic rings. The first-order valence-corrected chi connectivity index (χ1v) is 6.74. The molecule has 0 amide bonds. The van der Waals surface area contributed by atoms with Crippen LogP contribution in [0.1, 0.15) is 23.6 Å². The van der Waals surface area contributed by atoms with Gasteiger partial charge in [0.05, 0.1) is 6.61 Å². The third-order valence-electron chi connectivity index (χ3n) is 3.14. The van der Waals surface area contributed by atoms with Gasteiger partial charge in [0.25, 0.3) is 0 Å². The fourth-order valence-corrected chi connectivity index (χ4v) is 2.14. The molecule has 0 spiro atoms. The molecule has 1 aromatic carbocycles. The van der Waals surface area contributed by atoms with Crippen LogP contribution in [0.25, 0.3) is 0 Å². The summed E-state index contributed by atoms with van der Waals surface area (Å²) in [5, 5.41) is 3.47. The number of nitrogens with zero attached hydrogens (tertiary/aromatic N) is 1. The van der Waals surface area contributed by atoms with Gasteiger partial charge in [0.2, 0.25) is 0 Å². The lowest BCUT2D eigenvalue weighted by Crippen LogP contribution is -2.12. The SMILES string of the molecule is CCn1ccc(CNCc2cccc(COC)c2)c1. The average molecular weight is 258 g/mol. The second kappa shape index (κ2) is 7.12. The Morgan fingerprint density at radius 1 is 1.11 bits per heavy atom. The molecular formula is C16H22N2O. The highest BCUT2D eigenvalue weighted by Gasteiger charge is 1.98. The van der Waals surface area contributed by atoms with Crippen LogP contribution in [0.15, 0.2) is 42.7 Å². The van der Waals surface area contributed by atoms with E-state index < -0.39 is 0 Å².